The number of carbonyl (C=O) groups excluding carboxylic acids is 3. The van der Waals surface area contributed by atoms with Gasteiger partial charge in [-0.15, -0.1) is 0 Å². The molecule has 1 heterocycles. The number of carbonyl (C=O) groups is 3. The van der Waals surface area contributed by atoms with Gasteiger partial charge in [-0.2, -0.15) is 0 Å². The van der Waals surface area contributed by atoms with Gasteiger partial charge in [-0.1, -0.05) is 26.0 Å². The highest BCUT2D eigenvalue weighted by molar-refractivity contribution is 6.04. The van der Waals surface area contributed by atoms with Crippen molar-refractivity contribution in [3.05, 3.63) is 57.9 Å². The summed E-state index contributed by atoms with van der Waals surface area (Å²) < 4.78 is 15.2. The van der Waals surface area contributed by atoms with Crippen LogP contribution < -0.4 is 5.32 Å². The lowest BCUT2D eigenvalue weighted by atomic mass is 9.68. The van der Waals surface area contributed by atoms with Gasteiger partial charge in [0, 0.05) is 36.4 Å². The smallest absolute Gasteiger partial charge is 0.337 e. The zero-order chi connectivity index (χ0) is 22.8. The average molecular weight is 427 g/mol. The Morgan fingerprint density at radius 2 is 1.74 bits per heavy atom. The van der Waals surface area contributed by atoms with E-state index in [4.69, 9.17) is 14.2 Å². The SMILES string of the molecule is COCCOC(=O)C1=C(C)NC2=C(C(=O)CC(C)(C)C2)[C@@H]1c1ccc(C(=O)OC)cc1. The van der Waals surface area contributed by atoms with Gasteiger partial charge in [-0.05, 0) is 36.5 Å². The lowest BCUT2D eigenvalue weighted by molar-refractivity contribution is -0.140. The van der Waals surface area contributed by atoms with Gasteiger partial charge in [0.2, 0.25) is 0 Å². The van der Waals surface area contributed by atoms with E-state index in [0.29, 0.717) is 35.2 Å². The van der Waals surface area contributed by atoms with Crippen molar-refractivity contribution in [3.8, 4) is 0 Å². The van der Waals surface area contributed by atoms with E-state index in [1.54, 1.807) is 24.3 Å². The molecule has 1 N–H and O–H groups in total. The summed E-state index contributed by atoms with van der Waals surface area (Å²) in [4.78, 5) is 38.1. The number of allylic oxidation sites excluding steroid dienone is 3. The summed E-state index contributed by atoms with van der Waals surface area (Å²) in [6.45, 7) is 6.34. The molecule has 0 unspecified atom stereocenters. The third-order valence-electron chi connectivity index (χ3n) is 5.65. The number of ether oxygens (including phenoxy) is 3. The average Bonchev–Trinajstić information content (AvgIpc) is 2.71. The van der Waals surface area contributed by atoms with E-state index in [2.05, 4.69) is 19.2 Å². The molecule has 0 saturated carbocycles. The molecule has 7 heteroatoms. The first-order valence-corrected chi connectivity index (χ1v) is 10.3. The highest BCUT2D eigenvalue weighted by atomic mass is 16.6. The van der Waals surface area contributed by atoms with Gasteiger partial charge in [0.05, 0.1) is 24.9 Å². The number of esters is 2. The second kappa shape index (κ2) is 9.06. The number of rotatable bonds is 6. The standard InChI is InChI=1S/C24H29NO6/c1-14-19(23(28)31-11-10-29-4)20(15-6-8-16(9-7-15)22(27)30-5)21-17(25-14)12-24(2,3)13-18(21)26/h6-9,20,25H,10-13H2,1-5H3/t20-/m1/s1. The topological polar surface area (TPSA) is 90.9 Å². The van der Waals surface area contributed by atoms with Crippen LogP contribution in [0.1, 0.15) is 55.5 Å². The van der Waals surface area contributed by atoms with Crippen molar-refractivity contribution in [1.29, 1.82) is 0 Å². The van der Waals surface area contributed by atoms with E-state index < -0.39 is 17.9 Å². The Labute approximate surface area is 182 Å². The summed E-state index contributed by atoms with van der Waals surface area (Å²) in [7, 11) is 2.86. The number of hydrogen-bond acceptors (Lipinski definition) is 7. The van der Waals surface area contributed by atoms with Crippen LogP contribution in [-0.4, -0.2) is 45.2 Å². The maximum Gasteiger partial charge on any atom is 0.337 e. The van der Waals surface area contributed by atoms with E-state index in [1.165, 1.54) is 14.2 Å². The van der Waals surface area contributed by atoms with Crippen LogP contribution in [0.5, 0.6) is 0 Å². The van der Waals surface area contributed by atoms with Crippen LogP contribution in [0.4, 0.5) is 0 Å². The van der Waals surface area contributed by atoms with Gasteiger partial charge in [-0.3, -0.25) is 4.79 Å². The van der Waals surface area contributed by atoms with E-state index in [-0.39, 0.29) is 24.4 Å². The number of hydrogen-bond donors (Lipinski definition) is 1. The molecular weight excluding hydrogens is 398 g/mol. The molecule has 0 fully saturated rings. The molecule has 0 amide bonds. The van der Waals surface area contributed by atoms with Crippen molar-refractivity contribution in [2.45, 2.75) is 39.5 Å². The van der Waals surface area contributed by atoms with Crippen LogP contribution in [0.15, 0.2) is 46.8 Å². The van der Waals surface area contributed by atoms with Crippen LogP contribution >= 0.6 is 0 Å². The molecule has 0 radical (unpaired) electrons. The molecule has 166 valence electrons. The molecule has 0 spiro atoms. The van der Waals surface area contributed by atoms with E-state index in [1.807, 2.05) is 6.92 Å². The van der Waals surface area contributed by atoms with Gasteiger partial charge in [-0.25, -0.2) is 9.59 Å². The first-order chi connectivity index (χ1) is 14.7. The Kier molecular flexibility index (Phi) is 6.65. The Bertz CT molecular complexity index is 955. The van der Waals surface area contributed by atoms with Crippen LogP contribution in [-0.2, 0) is 23.8 Å². The zero-order valence-corrected chi connectivity index (χ0v) is 18.7. The van der Waals surface area contributed by atoms with Crippen LogP contribution in [0.2, 0.25) is 0 Å². The molecule has 1 aromatic carbocycles. The van der Waals surface area contributed by atoms with E-state index in [0.717, 1.165) is 11.3 Å². The highest BCUT2D eigenvalue weighted by Gasteiger charge is 2.43. The predicted molar refractivity (Wildman–Crippen MR) is 114 cm³/mol. The molecular formula is C24H29NO6. The van der Waals surface area contributed by atoms with E-state index in [9.17, 15) is 14.4 Å². The minimum atomic E-state index is -0.568. The lowest BCUT2D eigenvalue weighted by Crippen LogP contribution is -2.38. The Morgan fingerprint density at radius 3 is 2.35 bits per heavy atom. The summed E-state index contributed by atoms with van der Waals surface area (Å²) >= 11 is 0. The van der Waals surface area contributed by atoms with Crippen molar-refractivity contribution >= 4 is 17.7 Å². The summed E-state index contributed by atoms with van der Waals surface area (Å²) in [5.74, 6) is -1.50. The molecule has 1 aliphatic carbocycles. The predicted octanol–water partition coefficient (Wildman–Crippen LogP) is 3.27. The molecule has 31 heavy (non-hydrogen) atoms. The molecule has 3 rings (SSSR count). The monoisotopic (exact) mass is 427 g/mol. The highest BCUT2D eigenvalue weighted by Crippen LogP contribution is 2.46. The fraction of sp³-hybridized carbons (Fsp3) is 0.458. The summed E-state index contributed by atoms with van der Waals surface area (Å²) in [6.07, 6.45) is 1.10. The third-order valence-corrected chi connectivity index (χ3v) is 5.65. The van der Waals surface area contributed by atoms with Crippen molar-refractivity contribution in [3.63, 3.8) is 0 Å². The van der Waals surface area contributed by atoms with Gasteiger partial charge >= 0.3 is 11.9 Å². The van der Waals surface area contributed by atoms with Crippen LogP contribution in [0.25, 0.3) is 0 Å². The van der Waals surface area contributed by atoms with Crippen molar-refractivity contribution in [1.82, 2.24) is 5.32 Å². The van der Waals surface area contributed by atoms with Crippen LogP contribution in [0, 0.1) is 5.41 Å². The quantitative estimate of drug-likeness (QED) is 0.550. The maximum absolute atomic E-state index is 13.2. The number of ketones is 1. The second-order valence-corrected chi connectivity index (χ2v) is 8.67. The fourth-order valence-corrected chi connectivity index (χ4v) is 4.26. The minimum Gasteiger partial charge on any atom is -0.465 e. The molecule has 1 aromatic rings. The van der Waals surface area contributed by atoms with Crippen LogP contribution in [0.3, 0.4) is 0 Å². The Morgan fingerprint density at radius 1 is 1.06 bits per heavy atom. The number of methoxy groups -OCH3 is 2. The molecule has 2 aliphatic rings. The summed E-state index contributed by atoms with van der Waals surface area (Å²) in [5.41, 5.74) is 3.47. The summed E-state index contributed by atoms with van der Waals surface area (Å²) in [5, 5.41) is 3.30. The molecule has 7 nitrogen and oxygen atoms in total. The van der Waals surface area contributed by atoms with Crippen molar-refractivity contribution in [2.24, 2.45) is 5.41 Å². The Balaban J connectivity index is 2.07. The minimum absolute atomic E-state index is 0.00971. The third kappa shape index (κ3) is 4.71. The first kappa shape index (κ1) is 22.7. The molecule has 1 atom stereocenters. The largest absolute Gasteiger partial charge is 0.465 e. The number of Topliss-reactive ketones (excluding diaryl/α,β-unsaturated/α-hetero) is 1. The van der Waals surface area contributed by atoms with Gasteiger partial charge in [0.15, 0.2) is 5.78 Å². The number of nitrogens with one attached hydrogen (secondary N) is 1. The second-order valence-electron chi connectivity index (χ2n) is 8.67. The van der Waals surface area contributed by atoms with Gasteiger partial charge in [0.1, 0.15) is 6.61 Å². The van der Waals surface area contributed by atoms with Gasteiger partial charge < -0.3 is 19.5 Å². The van der Waals surface area contributed by atoms with E-state index >= 15 is 0 Å². The van der Waals surface area contributed by atoms with Gasteiger partial charge in [0.25, 0.3) is 0 Å². The normalized spacial score (nSPS) is 20.2. The molecule has 1 aliphatic heterocycles. The van der Waals surface area contributed by atoms with Crippen molar-refractivity contribution < 1.29 is 28.6 Å². The maximum atomic E-state index is 13.2. The number of dihydropyridines is 1. The first-order valence-electron chi connectivity index (χ1n) is 10.3. The summed E-state index contributed by atoms with van der Waals surface area (Å²) in [6, 6.07) is 6.80. The molecule has 0 saturated heterocycles. The van der Waals surface area contributed by atoms with Crippen molar-refractivity contribution in [2.75, 3.05) is 27.4 Å². The number of benzene rings is 1. The fourth-order valence-electron chi connectivity index (χ4n) is 4.26. The molecule has 0 aromatic heterocycles. The molecule has 0 bridgehead atoms. The lowest BCUT2D eigenvalue weighted by Gasteiger charge is -2.39. The zero-order valence-electron chi connectivity index (χ0n) is 18.7. The Hall–Kier alpha value is -2.93.